The highest BCUT2D eigenvalue weighted by Gasteiger charge is 2.11. The SMILES string of the molecule is Cc1ccc(C)c(Nc2ccnc(C(=O)Nc3cccc4cccnc34)c2)c1. The summed E-state index contributed by atoms with van der Waals surface area (Å²) in [6, 6.07) is 19.3. The van der Waals surface area contributed by atoms with Gasteiger partial charge in [0, 0.05) is 29.2 Å². The fourth-order valence-corrected chi connectivity index (χ4v) is 3.05. The van der Waals surface area contributed by atoms with E-state index in [0.717, 1.165) is 27.8 Å². The summed E-state index contributed by atoms with van der Waals surface area (Å²) in [5.74, 6) is -0.275. The molecule has 28 heavy (non-hydrogen) atoms. The second-order valence-corrected chi connectivity index (χ2v) is 6.71. The molecule has 0 unspecified atom stereocenters. The van der Waals surface area contributed by atoms with Crippen molar-refractivity contribution < 1.29 is 4.79 Å². The highest BCUT2D eigenvalue weighted by molar-refractivity contribution is 6.07. The summed E-state index contributed by atoms with van der Waals surface area (Å²) in [6.45, 7) is 4.10. The van der Waals surface area contributed by atoms with Gasteiger partial charge in [-0.1, -0.05) is 30.3 Å². The Labute approximate surface area is 163 Å². The molecule has 4 aromatic rings. The van der Waals surface area contributed by atoms with Crippen LogP contribution in [-0.4, -0.2) is 15.9 Å². The summed E-state index contributed by atoms with van der Waals surface area (Å²) in [5, 5.41) is 7.26. The third kappa shape index (κ3) is 3.69. The highest BCUT2D eigenvalue weighted by atomic mass is 16.1. The number of rotatable bonds is 4. The number of amides is 1. The van der Waals surface area contributed by atoms with Crippen molar-refractivity contribution in [2.75, 3.05) is 10.6 Å². The van der Waals surface area contributed by atoms with Gasteiger partial charge in [-0.05, 0) is 55.3 Å². The molecular weight excluding hydrogens is 348 g/mol. The lowest BCUT2D eigenvalue weighted by molar-refractivity contribution is 0.102. The maximum atomic E-state index is 12.8. The predicted molar refractivity (Wildman–Crippen MR) is 113 cm³/mol. The Bertz CT molecular complexity index is 1160. The first-order valence-corrected chi connectivity index (χ1v) is 9.05. The van der Waals surface area contributed by atoms with Crippen molar-refractivity contribution in [1.29, 1.82) is 0 Å². The van der Waals surface area contributed by atoms with Crippen LogP contribution in [-0.2, 0) is 0 Å². The zero-order valence-corrected chi connectivity index (χ0v) is 15.7. The van der Waals surface area contributed by atoms with Crippen molar-refractivity contribution >= 4 is 33.9 Å². The number of aromatic nitrogens is 2. The van der Waals surface area contributed by atoms with E-state index in [1.165, 1.54) is 5.56 Å². The molecule has 0 fully saturated rings. The van der Waals surface area contributed by atoms with Gasteiger partial charge in [0.25, 0.3) is 5.91 Å². The molecule has 0 aliphatic carbocycles. The molecule has 2 aromatic carbocycles. The Morgan fingerprint density at radius 2 is 1.71 bits per heavy atom. The van der Waals surface area contributed by atoms with Gasteiger partial charge in [-0.25, -0.2) is 0 Å². The Morgan fingerprint density at radius 3 is 2.61 bits per heavy atom. The highest BCUT2D eigenvalue weighted by Crippen LogP contribution is 2.23. The van der Waals surface area contributed by atoms with Crippen molar-refractivity contribution in [3.63, 3.8) is 0 Å². The Balaban J connectivity index is 1.58. The van der Waals surface area contributed by atoms with Crippen molar-refractivity contribution in [2.24, 2.45) is 0 Å². The van der Waals surface area contributed by atoms with Gasteiger partial charge in [0.05, 0.1) is 11.2 Å². The molecule has 0 radical (unpaired) electrons. The number of carbonyl (C=O) groups excluding carboxylic acids is 1. The van der Waals surface area contributed by atoms with Gasteiger partial charge in [0.1, 0.15) is 5.69 Å². The number of pyridine rings is 2. The molecule has 0 saturated carbocycles. The van der Waals surface area contributed by atoms with Gasteiger partial charge in [-0.2, -0.15) is 0 Å². The van der Waals surface area contributed by atoms with Gasteiger partial charge in [-0.3, -0.25) is 14.8 Å². The standard InChI is InChI=1S/C23H20N4O/c1-15-8-9-16(2)20(13-15)26-18-10-12-24-21(14-18)23(28)27-19-7-3-5-17-6-4-11-25-22(17)19/h3-14H,1-2H3,(H,24,26)(H,27,28). The second kappa shape index (κ2) is 7.48. The van der Waals surface area contributed by atoms with Crippen LogP contribution in [0.25, 0.3) is 10.9 Å². The molecule has 138 valence electrons. The van der Waals surface area contributed by atoms with Crippen molar-refractivity contribution in [1.82, 2.24) is 9.97 Å². The number of para-hydroxylation sites is 1. The van der Waals surface area contributed by atoms with Crippen LogP contribution in [0.1, 0.15) is 21.6 Å². The number of benzene rings is 2. The average Bonchev–Trinajstić information content (AvgIpc) is 2.71. The number of carbonyl (C=O) groups is 1. The Kier molecular flexibility index (Phi) is 4.72. The number of hydrogen-bond acceptors (Lipinski definition) is 4. The van der Waals surface area contributed by atoms with Crippen molar-refractivity contribution in [2.45, 2.75) is 13.8 Å². The molecule has 2 N–H and O–H groups in total. The minimum atomic E-state index is -0.275. The zero-order valence-electron chi connectivity index (χ0n) is 15.7. The topological polar surface area (TPSA) is 66.9 Å². The third-order valence-corrected chi connectivity index (χ3v) is 4.55. The van der Waals surface area contributed by atoms with E-state index in [9.17, 15) is 4.79 Å². The lowest BCUT2D eigenvalue weighted by atomic mass is 10.1. The van der Waals surface area contributed by atoms with Crippen molar-refractivity contribution in [3.05, 3.63) is 89.9 Å². The molecule has 0 bridgehead atoms. The fraction of sp³-hybridized carbons (Fsp3) is 0.0870. The van der Waals surface area contributed by atoms with Crippen LogP contribution >= 0.6 is 0 Å². The number of anilines is 3. The van der Waals surface area contributed by atoms with Crippen LogP contribution in [0.4, 0.5) is 17.1 Å². The number of nitrogens with one attached hydrogen (secondary N) is 2. The summed E-state index contributed by atoms with van der Waals surface area (Å²) >= 11 is 0. The van der Waals surface area contributed by atoms with Crippen LogP contribution in [0.15, 0.2) is 73.1 Å². The smallest absolute Gasteiger partial charge is 0.274 e. The van der Waals surface area contributed by atoms with E-state index in [2.05, 4.69) is 38.8 Å². The maximum absolute atomic E-state index is 12.8. The molecule has 2 aromatic heterocycles. The largest absolute Gasteiger partial charge is 0.355 e. The van der Waals surface area contributed by atoms with Crippen LogP contribution in [0.2, 0.25) is 0 Å². The number of aryl methyl sites for hydroxylation is 2. The fourth-order valence-electron chi connectivity index (χ4n) is 3.05. The Morgan fingerprint density at radius 1 is 0.857 bits per heavy atom. The summed E-state index contributed by atoms with van der Waals surface area (Å²) in [5.41, 5.74) is 5.88. The molecule has 1 amide bonds. The maximum Gasteiger partial charge on any atom is 0.274 e. The molecule has 5 heteroatoms. The van der Waals surface area contributed by atoms with E-state index >= 15 is 0 Å². The number of fused-ring (bicyclic) bond motifs is 1. The van der Waals surface area contributed by atoms with Gasteiger partial charge >= 0.3 is 0 Å². The minimum absolute atomic E-state index is 0.275. The van der Waals surface area contributed by atoms with Crippen LogP contribution in [0.3, 0.4) is 0 Å². The first-order valence-electron chi connectivity index (χ1n) is 9.05. The molecule has 4 rings (SSSR count). The van der Waals surface area contributed by atoms with Crippen LogP contribution in [0.5, 0.6) is 0 Å². The Hall–Kier alpha value is -3.73. The van der Waals surface area contributed by atoms with E-state index in [4.69, 9.17) is 0 Å². The normalized spacial score (nSPS) is 10.6. The molecule has 2 heterocycles. The molecule has 0 saturated heterocycles. The zero-order chi connectivity index (χ0) is 19.5. The van der Waals surface area contributed by atoms with E-state index in [-0.39, 0.29) is 5.91 Å². The van der Waals surface area contributed by atoms with Gasteiger partial charge < -0.3 is 10.6 Å². The summed E-state index contributed by atoms with van der Waals surface area (Å²) in [7, 11) is 0. The molecule has 0 atom stereocenters. The molecule has 0 aliphatic heterocycles. The van der Waals surface area contributed by atoms with E-state index < -0.39 is 0 Å². The average molecular weight is 368 g/mol. The monoisotopic (exact) mass is 368 g/mol. The lowest BCUT2D eigenvalue weighted by Gasteiger charge is -2.12. The minimum Gasteiger partial charge on any atom is -0.355 e. The van der Waals surface area contributed by atoms with E-state index in [1.807, 2.05) is 50.2 Å². The number of nitrogens with zero attached hydrogens (tertiary/aromatic N) is 2. The van der Waals surface area contributed by atoms with E-state index in [0.29, 0.717) is 11.4 Å². The quantitative estimate of drug-likeness (QED) is 0.517. The summed E-state index contributed by atoms with van der Waals surface area (Å²) < 4.78 is 0. The third-order valence-electron chi connectivity index (χ3n) is 4.55. The van der Waals surface area contributed by atoms with Crippen LogP contribution < -0.4 is 10.6 Å². The van der Waals surface area contributed by atoms with Gasteiger partial charge in [0.2, 0.25) is 0 Å². The second-order valence-electron chi connectivity index (χ2n) is 6.71. The van der Waals surface area contributed by atoms with E-state index in [1.54, 1.807) is 18.5 Å². The summed E-state index contributed by atoms with van der Waals surface area (Å²) in [6.07, 6.45) is 3.34. The number of hydrogen-bond donors (Lipinski definition) is 2. The molecule has 5 nitrogen and oxygen atoms in total. The summed E-state index contributed by atoms with van der Waals surface area (Å²) in [4.78, 5) is 21.4. The first kappa shape index (κ1) is 17.7. The molecule has 0 aliphatic rings. The van der Waals surface area contributed by atoms with Gasteiger partial charge in [0.15, 0.2) is 0 Å². The van der Waals surface area contributed by atoms with Gasteiger partial charge in [-0.15, -0.1) is 0 Å². The lowest BCUT2D eigenvalue weighted by Crippen LogP contribution is -2.14. The molecule has 0 spiro atoms. The molecular formula is C23H20N4O. The first-order chi connectivity index (χ1) is 13.6. The predicted octanol–water partition coefficient (Wildman–Crippen LogP) is 5.24. The van der Waals surface area contributed by atoms with Crippen LogP contribution in [0, 0.1) is 13.8 Å². The van der Waals surface area contributed by atoms with Crippen molar-refractivity contribution in [3.8, 4) is 0 Å².